The van der Waals surface area contributed by atoms with Crippen molar-refractivity contribution in [3.63, 3.8) is 0 Å². The molecule has 0 radical (unpaired) electrons. The number of benzene rings is 2. The maximum absolute atomic E-state index is 12.2. The number of hydrogen-bond acceptors (Lipinski definition) is 5. The van der Waals surface area contributed by atoms with Crippen LogP contribution in [0.2, 0.25) is 0 Å². The number of rotatable bonds is 5. The molecule has 0 bridgehead atoms. The van der Waals surface area contributed by atoms with Crippen LogP contribution < -0.4 is 15.9 Å². The van der Waals surface area contributed by atoms with E-state index in [4.69, 9.17) is 0 Å². The van der Waals surface area contributed by atoms with Gasteiger partial charge in [0.05, 0.1) is 16.6 Å². The van der Waals surface area contributed by atoms with Crippen LogP contribution >= 0.6 is 0 Å². The van der Waals surface area contributed by atoms with Gasteiger partial charge in [0.15, 0.2) is 0 Å². The van der Waals surface area contributed by atoms with E-state index in [2.05, 4.69) is 49.4 Å². The molecule has 1 aliphatic heterocycles. The van der Waals surface area contributed by atoms with Crippen LogP contribution in [0.25, 0.3) is 21.9 Å². The molecule has 29 heavy (non-hydrogen) atoms. The number of aromatic amines is 1. The average molecular weight is 388 g/mol. The standard InChI is InChI=1S/C22H24N6O/c1-2-28-20-12-17-16(11-18(20)26-22(28)29)21(25-14-24-17)23-13-15-7-3-4-8-19(15)27-9-5-6-10-27/h3-4,7-8,11-12,14H,2,5-6,9-10,13H2,1H3,(H,26,29)(H,23,24,25). The van der Waals surface area contributed by atoms with Crippen molar-refractivity contribution in [2.75, 3.05) is 23.3 Å². The highest BCUT2D eigenvalue weighted by Crippen LogP contribution is 2.27. The number of H-pyrrole nitrogens is 1. The fraction of sp³-hybridized carbons (Fsp3) is 0.318. The zero-order valence-electron chi connectivity index (χ0n) is 16.5. The van der Waals surface area contributed by atoms with E-state index in [1.807, 2.05) is 19.1 Å². The number of aryl methyl sites for hydroxylation is 1. The topological polar surface area (TPSA) is 78.8 Å². The summed E-state index contributed by atoms with van der Waals surface area (Å²) in [5.74, 6) is 0.776. The Morgan fingerprint density at radius 1 is 1.14 bits per heavy atom. The predicted molar refractivity (Wildman–Crippen MR) is 117 cm³/mol. The molecule has 148 valence electrons. The molecule has 2 aromatic carbocycles. The van der Waals surface area contributed by atoms with E-state index >= 15 is 0 Å². The van der Waals surface area contributed by atoms with E-state index in [0.29, 0.717) is 13.1 Å². The second-order valence-corrected chi connectivity index (χ2v) is 7.46. The summed E-state index contributed by atoms with van der Waals surface area (Å²) in [5.41, 5.74) is 4.95. The number of aromatic nitrogens is 4. The summed E-state index contributed by atoms with van der Waals surface area (Å²) in [6.07, 6.45) is 4.08. The summed E-state index contributed by atoms with van der Waals surface area (Å²) >= 11 is 0. The molecular weight excluding hydrogens is 364 g/mol. The molecule has 2 aromatic heterocycles. The zero-order valence-corrected chi connectivity index (χ0v) is 16.5. The van der Waals surface area contributed by atoms with Crippen molar-refractivity contribution < 1.29 is 0 Å². The van der Waals surface area contributed by atoms with Crippen molar-refractivity contribution in [1.29, 1.82) is 0 Å². The van der Waals surface area contributed by atoms with Crippen molar-refractivity contribution >= 4 is 33.4 Å². The van der Waals surface area contributed by atoms with E-state index in [-0.39, 0.29) is 5.69 Å². The second-order valence-electron chi connectivity index (χ2n) is 7.46. The minimum absolute atomic E-state index is 0.0974. The Hall–Kier alpha value is -3.35. The molecule has 1 saturated heterocycles. The highest BCUT2D eigenvalue weighted by atomic mass is 16.1. The van der Waals surface area contributed by atoms with Gasteiger partial charge in [0.25, 0.3) is 0 Å². The van der Waals surface area contributed by atoms with Gasteiger partial charge in [0.1, 0.15) is 12.1 Å². The molecular formula is C22H24N6O. The van der Waals surface area contributed by atoms with Crippen molar-refractivity contribution in [1.82, 2.24) is 19.5 Å². The Bertz CT molecular complexity index is 1240. The first-order valence-electron chi connectivity index (χ1n) is 10.2. The first-order valence-corrected chi connectivity index (χ1v) is 10.2. The summed E-state index contributed by atoms with van der Waals surface area (Å²) in [4.78, 5) is 26.4. The number of nitrogens with one attached hydrogen (secondary N) is 2. The lowest BCUT2D eigenvalue weighted by Gasteiger charge is -2.21. The van der Waals surface area contributed by atoms with E-state index in [1.54, 1.807) is 10.9 Å². The third kappa shape index (κ3) is 3.12. The van der Waals surface area contributed by atoms with Crippen molar-refractivity contribution in [2.45, 2.75) is 32.9 Å². The number of hydrogen-bond donors (Lipinski definition) is 2. The number of imidazole rings is 1. The Morgan fingerprint density at radius 2 is 1.97 bits per heavy atom. The van der Waals surface area contributed by atoms with Gasteiger partial charge in [-0.1, -0.05) is 18.2 Å². The molecule has 7 heteroatoms. The van der Waals surface area contributed by atoms with Gasteiger partial charge in [-0.15, -0.1) is 0 Å². The van der Waals surface area contributed by atoms with E-state index in [0.717, 1.165) is 40.8 Å². The lowest BCUT2D eigenvalue weighted by atomic mass is 10.1. The Balaban J connectivity index is 1.50. The van der Waals surface area contributed by atoms with E-state index in [1.165, 1.54) is 24.1 Å². The van der Waals surface area contributed by atoms with Crippen molar-refractivity contribution in [3.05, 3.63) is 58.8 Å². The smallest absolute Gasteiger partial charge is 0.326 e. The first-order chi connectivity index (χ1) is 14.2. The highest BCUT2D eigenvalue weighted by Gasteiger charge is 2.16. The quantitative estimate of drug-likeness (QED) is 0.547. The molecule has 4 aromatic rings. The maximum Gasteiger partial charge on any atom is 0.326 e. The van der Waals surface area contributed by atoms with Gasteiger partial charge in [-0.05, 0) is 43.5 Å². The SMILES string of the molecule is CCn1c(=O)[nH]c2cc3c(NCc4ccccc4N4CCCC4)ncnc3cc21. The summed E-state index contributed by atoms with van der Waals surface area (Å²) < 4.78 is 1.72. The number of fused-ring (bicyclic) bond motifs is 2. The third-order valence-corrected chi connectivity index (χ3v) is 5.73. The van der Waals surface area contributed by atoms with E-state index in [9.17, 15) is 4.79 Å². The number of para-hydroxylation sites is 1. The lowest BCUT2D eigenvalue weighted by Crippen LogP contribution is -2.20. The van der Waals surface area contributed by atoms with Gasteiger partial charge >= 0.3 is 5.69 Å². The number of nitrogens with zero attached hydrogens (tertiary/aromatic N) is 4. The molecule has 1 aliphatic rings. The fourth-order valence-electron chi connectivity index (χ4n) is 4.27. The Kier molecular flexibility index (Phi) is 4.42. The van der Waals surface area contributed by atoms with Crippen LogP contribution in [0.5, 0.6) is 0 Å². The van der Waals surface area contributed by atoms with Crippen LogP contribution in [0, 0.1) is 0 Å². The lowest BCUT2D eigenvalue weighted by molar-refractivity contribution is 0.753. The van der Waals surface area contributed by atoms with Crippen molar-refractivity contribution in [3.8, 4) is 0 Å². The molecule has 0 atom stereocenters. The molecule has 0 saturated carbocycles. The first kappa shape index (κ1) is 17.7. The van der Waals surface area contributed by atoms with Crippen LogP contribution in [0.4, 0.5) is 11.5 Å². The van der Waals surface area contributed by atoms with E-state index < -0.39 is 0 Å². The fourth-order valence-corrected chi connectivity index (χ4v) is 4.27. The summed E-state index contributed by atoms with van der Waals surface area (Å²) in [7, 11) is 0. The molecule has 5 rings (SSSR count). The molecule has 0 amide bonds. The van der Waals surface area contributed by atoms with Crippen LogP contribution in [0.1, 0.15) is 25.3 Å². The van der Waals surface area contributed by atoms with Gasteiger partial charge in [-0.25, -0.2) is 14.8 Å². The molecule has 0 aliphatic carbocycles. The normalized spacial score (nSPS) is 14.2. The molecule has 7 nitrogen and oxygen atoms in total. The maximum atomic E-state index is 12.2. The van der Waals surface area contributed by atoms with Crippen LogP contribution in [0.3, 0.4) is 0 Å². The summed E-state index contributed by atoms with van der Waals surface area (Å²) in [6, 6.07) is 12.5. The van der Waals surface area contributed by atoms with Crippen LogP contribution in [-0.2, 0) is 13.1 Å². The predicted octanol–water partition coefficient (Wildman–Crippen LogP) is 3.51. The van der Waals surface area contributed by atoms with Gasteiger partial charge in [0.2, 0.25) is 0 Å². The minimum Gasteiger partial charge on any atom is -0.371 e. The zero-order chi connectivity index (χ0) is 19.8. The largest absolute Gasteiger partial charge is 0.371 e. The average Bonchev–Trinajstić information content (AvgIpc) is 3.38. The van der Waals surface area contributed by atoms with Crippen LogP contribution in [-0.4, -0.2) is 32.6 Å². The molecule has 3 heterocycles. The summed E-state index contributed by atoms with van der Waals surface area (Å²) in [6.45, 7) is 5.50. The molecule has 1 fully saturated rings. The Labute approximate surface area is 168 Å². The molecule has 2 N–H and O–H groups in total. The van der Waals surface area contributed by atoms with Gasteiger partial charge < -0.3 is 15.2 Å². The second kappa shape index (κ2) is 7.24. The van der Waals surface area contributed by atoms with Gasteiger partial charge in [-0.2, -0.15) is 0 Å². The minimum atomic E-state index is -0.0974. The van der Waals surface area contributed by atoms with Crippen LogP contribution in [0.15, 0.2) is 47.5 Å². The number of anilines is 2. The van der Waals surface area contributed by atoms with Gasteiger partial charge in [-0.3, -0.25) is 4.57 Å². The third-order valence-electron chi connectivity index (χ3n) is 5.73. The molecule has 0 unspecified atom stereocenters. The Morgan fingerprint density at radius 3 is 2.79 bits per heavy atom. The monoisotopic (exact) mass is 388 g/mol. The van der Waals surface area contributed by atoms with Gasteiger partial charge in [0, 0.05) is 37.3 Å². The highest BCUT2D eigenvalue weighted by molar-refractivity contribution is 5.98. The summed E-state index contributed by atoms with van der Waals surface area (Å²) in [5, 5.41) is 4.40. The van der Waals surface area contributed by atoms with Crippen molar-refractivity contribution in [2.24, 2.45) is 0 Å². The molecule has 0 spiro atoms.